The van der Waals surface area contributed by atoms with E-state index >= 15 is 0 Å². The number of carbonyl (C=O) groups excluding carboxylic acids is 1. The van der Waals surface area contributed by atoms with Crippen LogP contribution < -0.4 is 0 Å². The number of hydrogen-bond acceptors (Lipinski definition) is 2. The number of nitriles is 1. The van der Waals surface area contributed by atoms with Gasteiger partial charge in [0.15, 0.2) is 11.6 Å². The van der Waals surface area contributed by atoms with Crippen LogP contribution in [-0.4, -0.2) is 5.24 Å². The fraction of sp³-hybridized carbons (Fsp3) is 0. The molecule has 0 saturated heterocycles. The third kappa shape index (κ3) is 1.65. The van der Waals surface area contributed by atoms with Crippen LogP contribution in [-0.2, 0) is 0 Å². The molecule has 0 aliphatic rings. The number of nitrogens with zero attached hydrogens (tertiary/aromatic N) is 1. The van der Waals surface area contributed by atoms with E-state index in [1.54, 1.807) is 0 Å². The maximum atomic E-state index is 12.9. The normalized spacial score (nSPS) is 9.38. The van der Waals surface area contributed by atoms with Crippen LogP contribution in [0.4, 0.5) is 8.78 Å². The Morgan fingerprint density at radius 3 is 2.54 bits per heavy atom. The van der Waals surface area contributed by atoms with Crippen LogP contribution >= 0.6 is 11.6 Å². The van der Waals surface area contributed by atoms with Crippen LogP contribution in [0.1, 0.15) is 15.9 Å². The molecule has 13 heavy (non-hydrogen) atoms. The van der Waals surface area contributed by atoms with Crippen molar-refractivity contribution in [3.8, 4) is 6.07 Å². The average Bonchev–Trinajstić information content (AvgIpc) is 2.08. The van der Waals surface area contributed by atoms with E-state index in [2.05, 4.69) is 0 Å². The Morgan fingerprint density at radius 1 is 1.46 bits per heavy atom. The number of benzene rings is 1. The number of hydrogen-bond donors (Lipinski definition) is 0. The first-order valence-electron chi connectivity index (χ1n) is 3.16. The molecule has 0 atom stereocenters. The van der Waals surface area contributed by atoms with Gasteiger partial charge in [-0.2, -0.15) is 5.26 Å². The van der Waals surface area contributed by atoms with Gasteiger partial charge in [0.2, 0.25) is 0 Å². The smallest absolute Gasteiger partial charge is 0.256 e. The highest BCUT2D eigenvalue weighted by Crippen LogP contribution is 2.18. The molecule has 0 amide bonds. The first kappa shape index (κ1) is 9.62. The van der Waals surface area contributed by atoms with Gasteiger partial charge in [-0.05, 0) is 23.7 Å². The molecule has 5 heteroatoms. The summed E-state index contributed by atoms with van der Waals surface area (Å²) in [5.74, 6) is -2.60. The van der Waals surface area contributed by atoms with Crippen molar-refractivity contribution in [2.24, 2.45) is 0 Å². The Morgan fingerprint density at radius 2 is 2.08 bits per heavy atom. The lowest BCUT2D eigenvalue weighted by atomic mass is 10.1. The van der Waals surface area contributed by atoms with Crippen molar-refractivity contribution >= 4 is 16.8 Å². The molecular weight excluding hydrogens is 200 g/mol. The Balaban J connectivity index is 3.53. The number of rotatable bonds is 1. The third-order valence-electron chi connectivity index (χ3n) is 1.41. The maximum Gasteiger partial charge on any atom is 0.256 e. The molecular formula is C8H2ClF2NO. The zero-order chi connectivity index (χ0) is 10.0. The van der Waals surface area contributed by atoms with Crippen molar-refractivity contribution in [3.05, 3.63) is 34.9 Å². The molecule has 0 fully saturated rings. The van der Waals surface area contributed by atoms with Crippen LogP contribution in [0.2, 0.25) is 0 Å². The molecule has 2 nitrogen and oxygen atoms in total. The van der Waals surface area contributed by atoms with Crippen molar-refractivity contribution in [1.29, 1.82) is 5.26 Å². The van der Waals surface area contributed by atoms with E-state index in [-0.39, 0.29) is 5.56 Å². The average molecular weight is 202 g/mol. The van der Waals surface area contributed by atoms with Gasteiger partial charge in [-0.1, -0.05) is 0 Å². The van der Waals surface area contributed by atoms with E-state index in [0.717, 1.165) is 12.1 Å². The summed E-state index contributed by atoms with van der Waals surface area (Å²) >= 11 is 4.97. The second-order valence-corrected chi connectivity index (χ2v) is 2.51. The summed E-state index contributed by atoms with van der Waals surface area (Å²) < 4.78 is 25.4. The molecule has 0 radical (unpaired) electrons. The molecule has 0 unspecified atom stereocenters. The second-order valence-electron chi connectivity index (χ2n) is 2.17. The largest absolute Gasteiger partial charge is 0.275 e. The monoisotopic (exact) mass is 201 g/mol. The van der Waals surface area contributed by atoms with Gasteiger partial charge in [-0.25, -0.2) is 8.78 Å². The molecule has 0 bridgehead atoms. The predicted octanol–water partition coefficient (Wildman–Crippen LogP) is 2.22. The fourth-order valence-corrected chi connectivity index (χ4v) is 1.02. The summed E-state index contributed by atoms with van der Waals surface area (Å²) in [7, 11) is 0. The van der Waals surface area contributed by atoms with Gasteiger partial charge >= 0.3 is 0 Å². The quantitative estimate of drug-likeness (QED) is 0.654. The molecule has 0 N–H and O–H groups in total. The molecule has 0 aliphatic heterocycles. The first-order valence-corrected chi connectivity index (χ1v) is 3.53. The minimum Gasteiger partial charge on any atom is -0.275 e. The number of halogens is 3. The standard InChI is InChI=1S/C8H2ClF2NO/c9-8(13)6-4(3-12)1-2-5(10)7(6)11/h1-2H. The topological polar surface area (TPSA) is 40.9 Å². The third-order valence-corrected chi connectivity index (χ3v) is 1.60. The highest BCUT2D eigenvalue weighted by molar-refractivity contribution is 6.68. The van der Waals surface area contributed by atoms with E-state index in [1.807, 2.05) is 0 Å². The summed E-state index contributed by atoms with van der Waals surface area (Å²) in [5, 5.41) is 7.25. The van der Waals surface area contributed by atoms with Crippen LogP contribution in [0.3, 0.4) is 0 Å². The van der Waals surface area contributed by atoms with E-state index < -0.39 is 22.4 Å². The highest BCUT2D eigenvalue weighted by Gasteiger charge is 2.18. The van der Waals surface area contributed by atoms with Gasteiger partial charge in [0.1, 0.15) is 6.07 Å². The van der Waals surface area contributed by atoms with Crippen LogP contribution in [0.15, 0.2) is 12.1 Å². The first-order chi connectivity index (χ1) is 6.07. The summed E-state index contributed by atoms with van der Waals surface area (Å²) in [4.78, 5) is 10.6. The summed E-state index contributed by atoms with van der Waals surface area (Å²) in [5.41, 5.74) is -0.997. The van der Waals surface area contributed by atoms with Gasteiger partial charge in [0.25, 0.3) is 5.24 Å². The van der Waals surface area contributed by atoms with Crippen molar-refractivity contribution in [3.63, 3.8) is 0 Å². The molecule has 0 spiro atoms. The number of carbonyl (C=O) groups is 1. The molecule has 66 valence electrons. The lowest BCUT2D eigenvalue weighted by Gasteiger charge is -1.99. The van der Waals surface area contributed by atoms with Crippen molar-refractivity contribution in [2.75, 3.05) is 0 Å². The zero-order valence-corrected chi connectivity index (χ0v) is 6.90. The highest BCUT2D eigenvalue weighted by atomic mass is 35.5. The molecule has 1 aromatic rings. The lowest BCUT2D eigenvalue weighted by Crippen LogP contribution is -2.01. The molecule has 0 saturated carbocycles. The molecule has 1 aromatic carbocycles. The van der Waals surface area contributed by atoms with Crippen molar-refractivity contribution in [1.82, 2.24) is 0 Å². The predicted molar refractivity (Wildman–Crippen MR) is 41.3 cm³/mol. The Kier molecular flexibility index (Phi) is 2.59. The Hall–Kier alpha value is -1.47. The minimum atomic E-state index is -1.39. The van der Waals surface area contributed by atoms with Crippen LogP contribution in [0, 0.1) is 23.0 Å². The minimum absolute atomic E-state index is 0.279. The van der Waals surface area contributed by atoms with E-state index in [4.69, 9.17) is 16.9 Å². The zero-order valence-electron chi connectivity index (χ0n) is 6.14. The fourth-order valence-electron chi connectivity index (χ4n) is 0.836. The van der Waals surface area contributed by atoms with E-state index in [0.29, 0.717) is 0 Å². The van der Waals surface area contributed by atoms with Crippen molar-refractivity contribution in [2.45, 2.75) is 0 Å². The molecule has 0 aliphatic carbocycles. The van der Waals surface area contributed by atoms with Gasteiger partial charge in [0, 0.05) is 0 Å². The van der Waals surface area contributed by atoms with Gasteiger partial charge in [-0.3, -0.25) is 4.79 Å². The van der Waals surface area contributed by atoms with E-state index in [9.17, 15) is 13.6 Å². The van der Waals surface area contributed by atoms with Gasteiger partial charge < -0.3 is 0 Å². The molecule has 0 aromatic heterocycles. The summed E-state index contributed by atoms with van der Waals surface area (Å²) in [6.45, 7) is 0. The Labute approximate surface area is 77.3 Å². The molecule has 1 rings (SSSR count). The van der Waals surface area contributed by atoms with Gasteiger partial charge in [-0.15, -0.1) is 0 Å². The van der Waals surface area contributed by atoms with Crippen molar-refractivity contribution < 1.29 is 13.6 Å². The SMILES string of the molecule is N#Cc1ccc(F)c(F)c1C(=O)Cl. The van der Waals surface area contributed by atoms with Gasteiger partial charge in [0.05, 0.1) is 11.1 Å². The van der Waals surface area contributed by atoms with Crippen LogP contribution in [0.5, 0.6) is 0 Å². The second kappa shape index (κ2) is 3.50. The Bertz CT molecular complexity index is 411. The maximum absolute atomic E-state index is 12.9. The molecule has 0 heterocycles. The summed E-state index contributed by atoms with van der Waals surface area (Å²) in [6, 6.07) is 3.29. The lowest BCUT2D eigenvalue weighted by molar-refractivity contribution is 0.107. The van der Waals surface area contributed by atoms with E-state index in [1.165, 1.54) is 6.07 Å². The van der Waals surface area contributed by atoms with Crippen LogP contribution in [0.25, 0.3) is 0 Å². The summed E-state index contributed by atoms with van der Waals surface area (Å²) in [6.07, 6.45) is 0.